The van der Waals surface area contributed by atoms with Crippen LogP contribution in [0.5, 0.6) is 0 Å². The third-order valence-electron chi connectivity index (χ3n) is 3.91. The van der Waals surface area contributed by atoms with Gasteiger partial charge in [-0.05, 0) is 37.1 Å². The van der Waals surface area contributed by atoms with E-state index in [0.717, 1.165) is 33.6 Å². The molecule has 0 fully saturated rings. The van der Waals surface area contributed by atoms with Crippen molar-refractivity contribution in [3.05, 3.63) is 64.5 Å². The van der Waals surface area contributed by atoms with Crippen molar-refractivity contribution in [2.45, 2.75) is 20.8 Å². The van der Waals surface area contributed by atoms with Crippen LogP contribution in [0.4, 0.5) is 10.8 Å². The summed E-state index contributed by atoms with van der Waals surface area (Å²) in [4.78, 5) is 16.0. The molecule has 5 nitrogen and oxygen atoms in total. The Bertz CT molecular complexity index is 948. The van der Waals surface area contributed by atoms with Crippen LogP contribution < -0.4 is 10.7 Å². The first-order valence-electron chi connectivity index (χ1n) is 8.22. The van der Waals surface area contributed by atoms with Crippen LogP contribution in [0.1, 0.15) is 23.6 Å². The second-order valence-electron chi connectivity index (χ2n) is 5.98. The highest BCUT2D eigenvalue weighted by molar-refractivity contribution is 7.14. The van der Waals surface area contributed by atoms with Crippen molar-refractivity contribution >= 4 is 34.3 Å². The molecule has 3 aromatic rings. The summed E-state index contributed by atoms with van der Waals surface area (Å²) in [6.07, 6.45) is 1.70. The summed E-state index contributed by atoms with van der Waals surface area (Å²) in [7, 11) is 0. The summed E-state index contributed by atoms with van der Waals surface area (Å²) in [6, 6.07) is 14.0. The molecule has 0 radical (unpaired) electrons. The first-order valence-corrected chi connectivity index (χ1v) is 9.10. The zero-order valence-corrected chi connectivity index (χ0v) is 15.7. The molecule has 2 N–H and O–H groups in total. The Labute approximate surface area is 156 Å². The monoisotopic (exact) mass is 364 g/mol. The van der Waals surface area contributed by atoms with Gasteiger partial charge >= 0.3 is 0 Å². The molecule has 0 saturated heterocycles. The Hall–Kier alpha value is -2.99. The maximum absolute atomic E-state index is 11.4. The van der Waals surface area contributed by atoms with Gasteiger partial charge in [-0.2, -0.15) is 5.10 Å². The highest BCUT2D eigenvalue weighted by Gasteiger charge is 2.06. The minimum absolute atomic E-state index is 0.108. The molecule has 0 bridgehead atoms. The summed E-state index contributed by atoms with van der Waals surface area (Å²) >= 11 is 1.49. The molecule has 0 saturated carbocycles. The molecule has 6 heteroatoms. The van der Waals surface area contributed by atoms with Crippen molar-refractivity contribution in [2.75, 3.05) is 10.7 Å². The molecule has 26 heavy (non-hydrogen) atoms. The zero-order valence-electron chi connectivity index (χ0n) is 14.9. The van der Waals surface area contributed by atoms with Gasteiger partial charge in [-0.15, -0.1) is 11.3 Å². The average Bonchev–Trinajstić information content (AvgIpc) is 3.08. The number of thiazole rings is 1. The maximum atomic E-state index is 11.4. The molecular weight excluding hydrogens is 344 g/mol. The quantitative estimate of drug-likeness (QED) is 0.503. The van der Waals surface area contributed by atoms with Gasteiger partial charge in [0.15, 0.2) is 0 Å². The van der Waals surface area contributed by atoms with Crippen molar-refractivity contribution in [3.63, 3.8) is 0 Å². The van der Waals surface area contributed by atoms with Gasteiger partial charge in [0.05, 0.1) is 11.9 Å². The van der Waals surface area contributed by atoms with E-state index in [-0.39, 0.29) is 5.91 Å². The lowest BCUT2D eigenvalue weighted by Crippen LogP contribution is -2.09. The van der Waals surface area contributed by atoms with E-state index in [1.54, 1.807) is 6.21 Å². The largest absolute Gasteiger partial charge is 0.326 e. The number of aryl methyl sites for hydroxylation is 2. The van der Waals surface area contributed by atoms with Crippen molar-refractivity contribution in [1.29, 1.82) is 0 Å². The molecule has 3 rings (SSSR count). The fraction of sp³-hybridized carbons (Fsp3) is 0.150. The number of rotatable bonds is 5. The standard InChI is InChI=1S/C20H20N4OS/c1-13-9-17(18(10-14(13)2)22-15(3)25)11-21-24-20-23-19(12-26-20)16-7-5-4-6-8-16/h4-12H,1-3H3,(H,22,25)(H,23,24). The number of carbonyl (C=O) groups excluding carboxylic acids is 1. The van der Waals surface area contributed by atoms with Crippen molar-refractivity contribution < 1.29 is 4.79 Å². The molecule has 1 amide bonds. The number of carbonyl (C=O) groups is 1. The van der Waals surface area contributed by atoms with Crippen molar-refractivity contribution in [3.8, 4) is 11.3 Å². The topological polar surface area (TPSA) is 66.4 Å². The van der Waals surface area contributed by atoms with Gasteiger partial charge in [0, 0.05) is 29.1 Å². The fourth-order valence-corrected chi connectivity index (χ4v) is 3.14. The van der Waals surface area contributed by atoms with Crippen LogP contribution in [-0.4, -0.2) is 17.1 Å². The molecular formula is C20H20N4OS. The van der Waals surface area contributed by atoms with E-state index in [9.17, 15) is 4.79 Å². The molecule has 132 valence electrons. The number of hydrogen-bond acceptors (Lipinski definition) is 5. The number of benzene rings is 2. The van der Waals surface area contributed by atoms with Crippen LogP contribution in [0.15, 0.2) is 52.9 Å². The van der Waals surface area contributed by atoms with Crippen LogP contribution in [0.2, 0.25) is 0 Å². The highest BCUT2D eigenvalue weighted by Crippen LogP contribution is 2.25. The number of nitrogens with one attached hydrogen (secondary N) is 2. The Kier molecular flexibility index (Phi) is 5.43. The minimum atomic E-state index is -0.108. The van der Waals surface area contributed by atoms with Gasteiger partial charge in [-0.25, -0.2) is 4.98 Å². The predicted molar refractivity (Wildman–Crippen MR) is 109 cm³/mol. The number of amides is 1. The minimum Gasteiger partial charge on any atom is -0.326 e. The van der Waals surface area contributed by atoms with E-state index in [2.05, 4.69) is 20.8 Å². The molecule has 1 aromatic heterocycles. The smallest absolute Gasteiger partial charge is 0.221 e. The van der Waals surface area contributed by atoms with E-state index >= 15 is 0 Å². The molecule has 0 atom stereocenters. The van der Waals surface area contributed by atoms with Gasteiger partial charge in [0.25, 0.3) is 0 Å². The number of aromatic nitrogens is 1. The summed E-state index contributed by atoms with van der Waals surface area (Å²) in [5, 5.41) is 9.83. The molecule has 0 aliphatic heterocycles. The second kappa shape index (κ2) is 7.93. The van der Waals surface area contributed by atoms with Gasteiger partial charge < -0.3 is 5.32 Å². The molecule has 0 aliphatic rings. The summed E-state index contributed by atoms with van der Waals surface area (Å²) in [5.74, 6) is -0.108. The third-order valence-corrected chi connectivity index (χ3v) is 4.66. The lowest BCUT2D eigenvalue weighted by molar-refractivity contribution is -0.114. The molecule has 1 heterocycles. The predicted octanol–water partition coefficient (Wildman–Crippen LogP) is 4.83. The van der Waals surface area contributed by atoms with Gasteiger partial charge in [0.1, 0.15) is 0 Å². The fourth-order valence-electron chi connectivity index (χ4n) is 2.47. The third kappa shape index (κ3) is 4.34. The van der Waals surface area contributed by atoms with E-state index in [1.807, 2.05) is 61.7 Å². The van der Waals surface area contributed by atoms with E-state index in [0.29, 0.717) is 5.13 Å². The molecule has 0 unspecified atom stereocenters. The first-order chi connectivity index (χ1) is 12.5. The number of hydrogen-bond donors (Lipinski definition) is 2. The van der Waals surface area contributed by atoms with Crippen LogP contribution in [0.3, 0.4) is 0 Å². The van der Waals surface area contributed by atoms with Crippen LogP contribution >= 0.6 is 11.3 Å². The normalized spacial score (nSPS) is 10.9. The molecule has 2 aromatic carbocycles. The highest BCUT2D eigenvalue weighted by atomic mass is 32.1. The maximum Gasteiger partial charge on any atom is 0.221 e. The first kappa shape index (κ1) is 17.8. The van der Waals surface area contributed by atoms with Gasteiger partial charge in [-0.1, -0.05) is 30.3 Å². The van der Waals surface area contributed by atoms with Crippen molar-refractivity contribution in [1.82, 2.24) is 4.98 Å². The SMILES string of the molecule is CC(=O)Nc1cc(C)c(C)cc1C=NNc1nc(-c2ccccc2)cs1. The lowest BCUT2D eigenvalue weighted by atomic mass is 10.0. The summed E-state index contributed by atoms with van der Waals surface area (Å²) in [5.41, 5.74) is 8.80. The Balaban J connectivity index is 1.76. The van der Waals surface area contributed by atoms with Gasteiger partial charge in [-0.3, -0.25) is 10.2 Å². The van der Waals surface area contributed by atoms with Crippen LogP contribution in [0, 0.1) is 13.8 Å². The summed E-state index contributed by atoms with van der Waals surface area (Å²) < 4.78 is 0. The average molecular weight is 364 g/mol. The molecule has 0 aliphatic carbocycles. The van der Waals surface area contributed by atoms with Gasteiger partial charge in [0.2, 0.25) is 11.0 Å². The Morgan fingerprint density at radius 2 is 1.88 bits per heavy atom. The molecule has 0 spiro atoms. The lowest BCUT2D eigenvalue weighted by Gasteiger charge is -2.10. The van der Waals surface area contributed by atoms with Crippen LogP contribution in [0.25, 0.3) is 11.3 Å². The summed E-state index contributed by atoms with van der Waals surface area (Å²) in [6.45, 7) is 5.54. The number of anilines is 2. The second-order valence-corrected chi connectivity index (χ2v) is 6.84. The Morgan fingerprint density at radius 1 is 1.15 bits per heavy atom. The van der Waals surface area contributed by atoms with Crippen molar-refractivity contribution in [2.24, 2.45) is 5.10 Å². The Morgan fingerprint density at radius 3 is 2.62 bits per heavy atom. The van der Waals surface area contributed by atoms with Crippen LogP contribution in [-0.2, 0) is 4.79 Å². The zero-order chi connectivity index (χ0) is 18.5. The number of nitrogens with zero attached hydrogens (tertiary/aromatic N) is 2. The number of hydrazone groups is 1. The van der Waals surface area contributed by atoms with E-state index in [1.165, 1.54) is 18.3 Å². The van der Waals surface area contributed by atoms with E-state index in [4.69, 9.17) is 0 Å². The van der Waals surface area contributed by atoms with E-state index < -0.39 is 0 Å².